The van der Waals surface area contributed by atoms with Gasteiger partial charge >= 0.3 is 0 Å². The molecule has 2 heteroatoms. The molecule has 0 N–H and O–H groups in total. The Morgan fingerprint density at radius 2 is 1.92 bits per heavy atom. The Bertz CT molecular complexity index is 230. The molecule has 1 aromatic carbocycles. The quantitative estimate of drug-likeness (QED) is 0.686. The van der Waals surface area contributed by atoms with Crippen LogP contribution in [0.3, 0.4) is 0 Å². The number of alkyl halides is 1. The highest BCUT2D eigenvalue weighted by Crippen LogP contribution is 2.28. The van der Waals surface area contributed by atoms with Crippen molar-refractivity contribution in [3.8, 4) is 0 Å². The van der Waals surface area contributed by atoms with Crippen molar-refractivity contribution < 1.29 is 0 Å². The van der Waals surface area contributed by atoms with E-state index in [0.717, 1.165) is 5.02 Å². The van der Waals surface area contributed by atoms with E-state index in [1.807, 2.05) is 12.1 Å². The van der Waals surface area contributed by atoms with Gasteiger partial charge in [-0.3, -0.25) is 0 Å². The maximum absolute atomic E-state index is 5.78. The summed E-state index contributed by atoms with van der Waals surface area (Å²) in [5.74, 6) is 0. The first kappa shape index (κ1) is 10.1. The second kappa shape index (κ2) is 4.88. The fourth-order valence-corrected chi connectivity index (χ4v) is 1.98. The summed E-state index contributed by atoms with van der Waals surface area (Å²) in [5.41, 5.74) is 1.31. The summed E-state index contributed by atoms with van der Waals surface area (Å²) in [5, 5.41) is 0.801. The Morgan fingerprint density at radius 3 is 2.42 bits per heavy atom. The second-order valence-corrected chi connectivity index (χ2v) is 4.35. The zero-order valence-corrected chi connectivity index (χ0v) is 9.40. The van der Waals surface area contributed by atoms with E-state index in [1.54, 1.807) is 0 Å². The molecule has 1 aromatic rings. The van der Waals surface area contributed by atoms with Crippen LogP contribution in [0.25, 0.3) is 0 Å². The van der Waals surface area contributed by atoms with Gasteiger partial charge in [0.25, 0.3) is 0 Å². The molecule has 0 spiro atoms. The summed E-state index contributed by atoms with van der Waals surface area (Å²) in [6.07, 6.45) is 2.36. The van der Waals surface area contributed by atoms with Gasteiger partial charge in [-0.15, -0.1) is 0 Å². The van der Waals surface area contributed by atoms with Crippen LogP contribution in [0.15, 0.2) is 24.3 Å². The van der Waals surface area contributed by atoms with E-state index in [-0.39, 0.29) is 0 Å². The van der Waals surface area contributed by atoms with E-state index in [4.69, 9.17) is 11.6 Å². The Balaban J connectivity index is 2.68. The van der Waals surface area contributed by atoms with Crippen LogP contribution in [-0.2, 0) is 0 Å². The van der Waals surface area contributed by atoms with Crippen LogP contribution in [0.2, 0.25) is 5.02 Å². The van der Waals surface area contributed by atoms with E-state index < -0.39 is 0 Å². The molecule has 12 heavy (non-hydrogen) atoms. The maximum Gasteiger partial charge on any atom is 0.0406 e. The summed E-state index contributed by atoms with van der Waals surface area (Å²) >= 11 is 9.41. The fraction of sp³-hybridized carbons (Fsp3) is 0.400. The first-order valence-corrected chi connectivity index (χ1v) is 5.43. The number of benzene rings is 1. The third kappa shape index (κ3) is 2.80. The van der Waals surface area contributed by atoms with Crippen molar-refractivity contribution in [3.63, 3.8) is 0 Å². The van der Waals surface area contributed by atoms with Crippen molar-refractivity contribution in [2.45, 2.75) is 24.6 Å². The van der Waals surface area contributed by atoms with Gasteiger partial charge in [-0.2, -0.15) is 0 Å². The van der Waals surface area contributed by atoms with Crippen LogP contribution in [0.5, 0.6) is 0 Å². The first-order chi connectivity index (χ1) is 5.74. The van der Waals surface area contributed by atoms with Gasteiger partial charge in [0, 0.05) is 9.85 Å². The minimum Gasteiger partial charge on any atom is -0.0843 e. The molecule has 0 aliphatic carbocycles. The molecule has 0 heterocycles. The van der Waals surface area contributed by atoms with Crippen molar-refractivity contribution >= 4 is 27.5 Å². The monoisotopic (exact) mass is 246 g/mol. The molecule has 66 valence electrons. The average molecular weight is 248 g/mol. The van der Waals surface area contributed by atoms with Crippen LogP contribution in [-0.4, -0.2) is 0 Å². The molecule has 0 radical (unpaired) electrons. The summed E-state index contributed by atoms with van der Waals surface area (Å²) in [6, 6.07) is 8.00. The molecule has 0 saturated carbocycles. The molecule has 0 aromatic heterocycles. The molecule has 0 fully saturated rings. The molecule has 0 saturated heterocycles. The maximum atomic E-state index is 5.78. The van der Waals surface area contributed by atoms with Crippen molar-refractivity contribution in [2.24, 2.45) is 0 Å². The predicted octanol–water partition coefficient (Wildman–Crippen LogP) is 4.58. The number of halogens is 2. The summed E-state index contributed by atoms with van der Waals surface area (Å²) in [7, 11) is 0. The molecular weight excluding hydrogens is 235 g/mol. The van der Waals surface area contributed by atoms with Gasteiger partial charge in [0.2, 0.25) is 0 Å². The zero-order chi connectivity index (χ0) is 8.97. The van der Waals surface area contributed by atoms with Gasteiger partial charge in [-0.05, 0) is 24.1 Å². The Morgan fingerprint density at radius 1 is 1.33 bits per heavy atom. The smallest absolute Gasteiger partial charge is 0.0406 e. The van der Waals surface area contributed by atoms with Gasteiger partial charge in [-0.25, -0.2) is 0 Å². The topological polar surface area (TPSA) is 0 Å². The van der Waals surface area contributed by atoms with Crippen molar-refractivity contribution in [3.05, 3.63) is 34.9 Å². The lowest BCUT2D eigenvalue weighted by molar-refractivity contribution is 0.788. The van der Waals surface area contributed by atoms with E-state index in [0.29, 0.717) is 4.83 Å². The van der Waals surface area contributed by atoms with Crippen LogP contribution in [0.1, 0.15) is 30.2 Å². The molecule has 1 atom stereocenters. The van der Waals surface area contributed by atoms with Gasteiger partial charge in [-0.1, -0.05) is 53.0 Å². The van der Waals surface area contributed by atoms with Crippen LogP contribution >= 0.6 is 27.5 Å². The third-order valence-corrected chi connectivity index (χ3v) is 3.01. The zero-order valence-electron chi connectivity index (χ0n) is 7.06. The molecule has 0 nitrogen and oxygen atoms in total. The predicted molar refractivity (Wildman–Crippen MR) is 58.0 cm³/mol. The lowest BCUT2D eigenvalue weighted by Crippen LogP contribution is -1.87. The highest BCUT2D eigenvalue weighted by atomic mass is 79.9. The lowest BCUT2D eigenvalue weighted by atomic mass is 10.1. The Kier molecular flexibility index (Phi) is 4.10. The van der Waals surface area contributed by atoms with Crippen molar-refractivity contribution in [2.75, 3.05) is 0 Å². The largest absolute Gasteiger partial charge is 0.0843 e. The van der Waals surface area contributed by atoms with Crippen LogP contribution in [0, 0.1) is 0 Å². The normalized spacial score (nSPS) is 12.9. The van der Waals surface area contributed by atoms with Crippen molar-refractivity contribution in [1.29, 1.82) is 0 Å². The number of rotatable bonds is 3. The highest BCUT2D eigenvalue weighted by Gasteiger charge is 2.04. The first-order valence-electron chi connectivity index (χ1n) is 4.13. The van der Waals surface area contributed by atoms with E-state index in [2.05, 4.69) is 35.0 Å². The SMILES string of the molecule is CCCC(Br)c1ccc(Cl)cc1. The van der Waals surface area contributed by atoms with Crippen molar-refractivity contribution in [1.82, 2.24) is 0 Å². The average Bonchev–Trinajstić information content (AvgIpc) is 2.06. The molecule has 0 bridgehead atoms. The van der Waals surface area contributed by atoms with Crippen LogP contribution < -0.4 is 0 Å². The third-order valence-electron chi connectivity index (χ3n) is 1.77. The van der Waals surface area contributed by atoms with Crippen LogP contribution in [0.4, 0.5) is 0 Å². The summed E-state index contributed by atoms with van der Waals surface area (Å²) in [4.78, 5) is 0.472. The lowest BCUT2D eigenvalue weighted by Gasteiger charge is -2.07. The molecule has 0 aliphatic rings. The van der Waals surface area contributed by atoms with Gasteiger partial charge in [0.05, 0.1) is 0 Å². The summed E-state index contributed by atoms with van der Waals surface area (Å²) < 4.78 is 0. The fourth-order valence-electron chi connectivity index (χ4n) is 1.09. The van der Waals surface area contributed by atoms with Gasteiger partial charge in [0.1, 0.15) is 0 Å². The number of hydrogen-bond acceptors (Lipinski definition) is 0. The van der Waals surface area contributed by atoms with E-state index in [1.165, 1.54) is 18.4 Å². The molecule has 0 amide bonds. The minimum absolute atomic E-state index is 0.472. The molecular formula is C10H12BrCl. The standard InChI is InChI=1S/C10H12BrCl/c1-2-3-10(11)8-4-6-9(12)7-5-8/h4-7,10H,2-3H2,1H3. The van der Waals surface area contributed by atoms with Gasteiger partial charge in [0.15, 0.2) is 0 Å². The van der Waals surface area contributed by atoms with E-state index >= 15 is 0 Å². The Labute approximate surface area is 87.1 Å². The second-order valence-electron chi connectivity index (χ2n) is 2.81. The highest BCUT2D eigenvalue weighted by molar-refractivity contribution is 9.09. The molecule has 1 unspecified atom stereocenters. The van der Waals surface area contributed by atoms with E-state index in [9.17, 15) is 0 Å². The van der Waals surface area contributed by atoms with Gasteiger partial charge < -0.3 is 0 Å². The molecule has 0 aliphatic heterocycles. The Hall–Kier alpha value is -0.0100. The number of hydrogen-bond donors (Lipinski definition) is 0. The summed E-state index contributed by atoms with van der Waals surface area (Å²) in [6.45, 7) is 2.18. The minimum atomic E-state index is 0.472. The molecule has 1 rings (SSSR count).